The molecule has 0 aliphatic carbocycles. The van der Waals surface area contributed by atoms with Gasteiger partial charge in [0.2, 0.25) is 0 Å². The minimum absolute atomic E-state index is 0.00556. The number of morpholine rings is 1. The summed E-state index contributed by atoms with van der Waals surface area (Å²) in [5.41, 5.74) is 0.780. The van der Waals surface area contributed by atoms with E-state index in [9.17, 15) is 4.79 Å². The van der Waals surface area contributed by atoms with Crippen LogP contribution in [0.3, 0.4) is 0 Å². The number of aryl methyl sites for hydroxylation is 1. The third-order valence-electron chi connectivity index (χ3n) is 3.61. The Morgan fingerprint density at radius 2 is 2.15 bits per heavy atom. The second-order valence-corrected chi connectivity index (χ2v) is 6.02. The largest absolute Gasteiger partial charge is 0.378 e. The van der Waals surface area contributed by atoms with Gasteiger partial charge in [0.25, 0.3) is 5.91 Å². The summed E-state index contributed by atoms with van der Waals surface area (Å²) in [6.07, 6.45) is 0. The summed E-state index contributed by atoms with van der Waals surface area (Å²) in [5, 5.41) is 9.66. The normalized spacial score (nSPS) is 19.6. The maximum atomic E-state index is 12.3. The molecule has 0 N–H and O–H groups in total. The van der Waals surface area contributed by atoms with Gasteiger partial charge in [-0.3, -0.25) is 4.79 Å². The molecule has 1 amide bonds. The Labute approximate surface area is 121 Å². The first-order chi connectivity index (χ1) is 9.69. The van der Waals surface area contributed by atoms with E-state index in [-0.39, 0.29) is 11.8 Å². The standard InChI is InChI=1S/C13H16N4O2S/c1-9-11(12(18)17-7-10(6-14)8-17)20-13(15-9)16-2-4-19-5-3-16/h10H,2-5,7-8H2,1H3. The van der Waals surface area contributed by atoms with Crippen molar-refractivity contribution in [3.8, 4) is 6.07 Å². The van der Waals surface area contributed by atoms with Crippen LogP contribution in [0.5, 0.6) is 0 Å². The topological polar surface area (TPSA) is 69.5 Å². The molecule has 6 nitrogen and oxygen atoms in total. The fourth-order valence-corrected chi connectivity index (χ4v) is 3.43. The van der Waals surface area contributed by atoms with E-state index in [1.165, 1.54) is 11.3 Å². The third kappa shape index (κ3) is 2.37. The van der Waals surface area contributed by atoms with Gasteiger partial charge in [0.1, 0.15) is 4.88 Å². The van der Waals surface area contributed by atoms with Gasteiger partial charge in [-0.05, 0) is 6.92 Å². The zero-order valence-corrected chi connectivity index (χ0v) is 12.2. The molecule has 0 bridgehead atoms. The number of hydrogen-bond donors (Lipinski definition) is 0. The summed E-state index contributed by atoms with van der Waals surface area (Å²) >= 11 is 1.45. The lowest BCUT2D eigenvalue weighted by Crippen LogP contribution is -2.49. The quantitative estimate of drug-likeness (QED) is 0.809. The van der Waals surface area contributed by atoms with Gasteiger partial charge in [0.15, 0.2) is 5.13 Å². The lowest BCUT2D eigenvalue weighted by atomic mass is 10.0. The Morgan fingerprint density at radius 1 is 1.45 bits per heavy atom. The number of anilines is 1. The molecule has 0 aromatic carbocycles. The van der Waals surface area contributed by atoms with Gasteiger partial charge in [0.05, 0.1) is 30.9 Å². The minimum atomic E-state index is -0.00843. The summed E-state index contributed by atoms with van der Waals surface area (Å²) in [6, 6.07) is 2.18. The average Bonchev–Trinajstić information content (AvgIpc) is 2.80. The molecular weight excluding hydrogens is 276 g/mol. The lowest BCUT2D eigenvalue weighted by molar-refractivity contribution is 0.0581. The van der Waals surface area contributed by atoms with Gasteiger partial charge >= 0.3 is 0 Å². The SMILES string of the molecule is Cc1nc(N2CCOCC2)sc1C(=O)N1CC(C#N)C1. The molecule has 3 rings (SSSR count). The van der Waals surface area contributed by atoms with E-state index >= 15 is 0 Å². The minimum Gasteiger partial charge on any atom is -0.378 e. The molecule has 2 aliphatic rings. The Morgan fingerprint density at radius 3 is 2.80 bits per heavy atom. The van der Waals surface area contributed by atoms with Crippen LogP contribution in [0.1, 0.15) is 15.4 Å². The number of ether oxygens (including phenoxy) is 1. The Bertz CT molecular complexity index is 553. The van der Waals surface area contributed by atoms with Crippen molar-refractivity contribution in [2.45, 2.75) is 6.92 Å². The second-order valence-electron chi connectivity index (χ2n) is 5.05. The van der Waals surface area contributed by atoms with Crippen molar-refractivity contribution in [2.24, 2.45) is 5.92 Å². The molecule has 0 unspecified atom stereocenters. The van der Waals surface area contributed by atoms with Crippen molar-refractivity contribution in [3.05, 3.63) is 10.6 Å². The Kier molecular flexibility index (Phi) is 3.59. The zero-order chi connectivity index (χ0) is 14.1. The maximum absolute atomic E-state index is 12.3. The molecule has 1 aromatic rings. The number of thiazole rings is 1. The van der Waals surface area contributed by atoms with Crippen molar-refractivity contribution in [3.63, 3.8) is 0 Å². The Hall–Kier alpha value is -1.65. The zero-order valence-electron chi connectivity index (χ0n) is 11.3. The van der Waals surface area contributed by atoms with Crippen LogP contribution < -0.4 is 4.90 Å². The van der Waals surface area contributed by atoms with Gasteiger partial charge in [-0.1, -0.05) is 11.3 Å². The van der Waals surface area contributed by atoms with Crippen LogP contribution in [-0.4, -0.2) is 55.2 Å². The number of amides is 1. The Balaban J connectivity index is 1.72. The number of aromatic nitrogens is 1. The highest BCUT2D eigenvalue weighted by Gasteiger charge is 2.33. The van der Waals surface area contributed by atoms with Crippen molar-refractivity contribution >= 4 is 22.4 Å². The molecule has 1 aromatic heterocycles. The molecule has 20 heavy (non-hydrogen) atoms. The summed E-state index contributed by atoms with van der Waals surface area (Å²) in [5.74, 6) is -0.00287. The summed E-state index contributed by atoms with van der Waals surface area (Å²) in [6.45, 7) is 6.01. The number of nitrogens with zero attached hydrogens (tertiary/aromatic N) is 4. The number of nitriles is 1. The summed E-state index contributed by atoms with van der Waals surface area (Å²) < 4.78 is 5.32. The molecule has 0 atom stereocenters. The smallest absolute Gasteiger partial charge is 0.266 e. The maximum Gasteiger partial charge on any atom is 0.266 e. The predicted molar refractivity (Wildman–Crippen MR) is 74.9 cm³/mol. The van der Waals surface area contributed by atoms with Crippen LogP contribution in [0, 0.1) is 24.2 Å². The van der Waals surface area contributed by atoms with Crippen molar-refractivity contribution in [1.82, 2.24) is 9.88 Å². The molecule has 2 aliphatic heterocycles. The molecule has 0 radical (unpaired) electrons. The number of hydrogen-bond acceptors (Lipinski definition) is 6. The molecular formula is C13H16N4O2S. The van der Waals surface area contributed by atoms with Gasteiger partial charge in [-0.2, -0.15) is 5.26 Å². The van der Waals surface area contributed by atoms with Crippen LogP contribution in [-0.2, 0) is 4.74 Å². The van der Waals surface area contributed by atoms with Gasteiger partial charge in [0, 0.05) is 26.2 Å². The predicted octanol–water partition coefficient (Wildman–Crippen LogP) is 0.884. The van der Waals surface area contributed by atoms with Gasteiger partial charge in [-0.15, -0.1) is 0 Å². The third-order valence-corrected chi connectivity index (χ3v) is 4.82. The fraction of sp³-hybridized carbons (Fsp3) is 0.615. The van der Waals surface area contributed by atoms with Crippen LogP contribution >= 0.6 is 11.3 Å². The second kappa shape index (κ2) is 5.38. The average molecular weight is 292 g/mol. The van der Waals surface area contributed by atoms with E-state index in [4.69, 9.17) is 10.00 Å². The number of rotatable bonds is 2. The van der Waals surface area contributed by atoms with Crippen LogP contribution in [0.4, 0.5) is 5.13 Å². The molecule has 0 spiro atoms. The first-order valence-corrected chi connectivity index (χ1v) is 7.49. The fourth-order valence-electron chi connectivity index (χ4n) is 2.34. The molecule has 106 valence electrons. The highest BCUT2D eigenvalue weighted by Crippen LogP contribution is 2.29. The van der Waals surface area contributed by atoms with E-state index in [0.29, 0.717) is 31.2 Å². The first kappa shape index (κ1) is 13.3. The van der Waals surface area contributed by atoms with Crippen molar-refractivity contribution in [2.75, 3.05) is 44.3 Å². The van der Waals surface area contributed by atoms with Crippen molar-refractivity contribution in [1.29, 1.82) is 5.26 Å². The van der Waals surface area contributed by atoms with Crippen LogP contribution in [0.15, 0.2) is 0 Å². The van der Waals surface area contributed by atoms with E-state index in [1.807, 2.05) is 6.92 Å². The molecule has 0 saturated carbocycles. The van der Waals surface area contributed by atoms with E-state index < -0.39 is 0 Å². The molecule has 7 heteroatoms. The van der Waals surface area contributed by atoms with Gasteiger partial charge in [-0.25, -0.2) is 4.98 Å². The van der Waals surface area contributed by atoms with E-state index in [1.54, 1.807) is 4.90 Å². The monoisotopic (exact) mass is 292 g/mol. The molecule has 2 saturated heterocycles. The van der Waals surface area contributed by atoms with Crippen LogP contribution in [0.25, 0.3) is 0 Å². The summed E-state index contributed by atoms with van der Waals surface area (Å²) in [7, 11) is 0. The van der Waals surface area contributed by atoms with E-state index in [2.05, 4.69) is 16.0 Å². The highest BCUT2D eigenvalue weighted by molar-refractivity contribution is 7.17. The molecule has 2 fully saturated rings. The highest BCUT2D eigenvalue weighted by atomic mass is 32.1. The molecule has 3 heterocycles. The first-order valence-electron chi connectivity index (χ1n) is 6.68. The van der Waals surface area contributed by atoms with Crippen LogP contribution in [0.2, 0.25) is 0 Å². The lowest BCUT2D eigenvalue weighted by Gasteiger charge is -2.34. The van der Waals surface area contributed by atoms with Gasteiger partial charge < -0.3 is 14.5 Å². The number of carbonyl (C=O) groups excluding carboxylic acids is 1. The van der Waals surface area contributed by atoms with E-state index in [0.717, 1.165) is 23.9 Å². The number of likely N-dealkylation sites (tertiary alicyclic amines) is 1. The summed E-state index contributed by atoms with van der Waals surface area (Å²) in [4.78, 5) is 21.4. The number of carbonyl (C=O) groups is 1. The van der Waals surface area contributed by atoms with Crippen molar-refractivity contribution < 1.29 is 9.53 Å².